The van der Waals surface area contributed by atoms with Crippen LogP contribution in [0.1, 0.15) is 5.56 Å². The number of nitrogens with one attached hydrogen (secondary N) is 1. The molecule has 0 saturated heterocycles. The predicted molar refractivity (Wildman–Crippen MR) is 138 cm³/mol. The van der Waals surface area contributed by atoms with Gasteiger partial charge in [-0.3, -0.25) is 4.79 Å². The third-order valence-electron chi connectivity index (χ3n) is 5.18. The molecule has 1 N–H and O–H groups in total. The first-order valence-corrected chi connectivity index (χ1v) is 12.2. The van der Waals surface area contributed by atoms with Crippen molar-refractivity contribution >= 4 is 68.4 Å². The highest BCUT2D eigenvalue weighted by molar-refractivity contribution is 7.99. The van der Waals surface area contributed by atoms with Crippen molar-refractivity contribution in [2.24, 2.45) is 0 Å². The number of nitrogens with zero attached hydrogens (tertiary/aromatic N) is 1. The number of fused-ring (bicyclic) bond motifs is 2. The third kappa shape index (κ3) is 5.01. The van der Waals surface area contributed by atoms with Crippen LogP contribution in [0.5, 0.6) is 0 Å². The zero-order chi connectivity index (χ0) is 22.8. The summed E-state index contributed by atoms with van der Waals surface area (Å²) < 4.78 is 5.97. The highest BCUT2D eigenvalue weighted by atomic mass is 35.5. The molecule has 0 atom stereocenters. The van der Waals surface area contributed by atoms with Crippen molar-refractivity contribution in [2.75, 3.05) is 11.1 Å². The minimum absolute atomic E-state index is 0.0774. The van der Waals surface area contributed by atoms with Gasteiger partial charge in [-0.1, -0.05) is 53.5 Å². The van der Waals surface area contributed by atoms with Gasteiger partial charge in [-0.25, -0.2) is 4.98 Å². The number of halogens is 2. The van der Waals surface area contributed by atoms with Crippen LogP contribution in [-0.4, -0.2) is 16.6 Å². The Bertz CT molecular complexity index is 1410. The van der Waals surface area contributed by atoms with Crippen molar-refractivity contribution in [3.63, 3.8) is 0 Å². The lowest BCUT2D eigenvalue weighted by atomic mass is 10.1. The second-order valence-corrected chi connectivity index (χ2v) is 9.37. The molecule has 33 heavy (non-hydrogen) atoms. The van der Waals surface area contributed by atoms with Crippen LogP contribution >= 0.6 is 35.0 Å². The standard InChI is InChI=1S/C26H18Cl2N2O2S/c27-20-8-5-19(22(28)13-20)14-33-15-25(31)29-21-9-6-16(7-10-21)26-30-23-11-17-3-1-2-4-18(17)12-24(23)32-26/h1-13H,14-15H2,(H,29,31). The van der Waals surface area contributed by atoms with Crippen LogP contribution in [0, 0.1) is 0 Å². The molecule has 1 aromatic heterocycles. The zero-order valence-electron chi connectivity index (χ0n) is 17.3. The van der Waals surface area contributed by atoms with E-state index in [1.807, 2.05) is 54.6 Å². The first kappa shape index (κ1) is 21.8. The lowest BCUT2D eigenvalue weighted by Gasteiger charge is -2.07. The van der Waals surface area contributed by atoms with Gasteiger partial charge in [-0.2, -0.15) is 0 Å². The number of hydrogen-bond acceptors (Lipinski definition) is 4. The monoisotopic (exact) mass is 492 g/mol. The average molecular weight is 493 g/mol. The van der Waals surface area contributed by atoms with Gasteiger partial charge in [0.15, 0.2) is 5.58 Å². The number of aromatic nitrogens is 1. The van der Waals surface area contributed by atoms with Crippen molar-refractivity contribution in [1.29, 1.82) is 0 Å². The number of rotatable bonds is 6. The molecule has 0 aliphatic heterocycles. The van der Waals surface area contributed by atoms with E-state index in [0.717, 1.165) is 38.7 Å². The zero-order valence-corrected chi connectivity index (χ0v) is 19.7. The Kier molecular flexibility index (Phi) is 6.27. The lowest BCUT2D eigenvalue weighted by molar-refractivity contribution is -0.113. The van der Waals surface area contributed by atoms with Gasteiger partial charge < -0.3 is 9.73 Å². The van der Waals surface area contributed by atoms with E-state index in [1.54, 1.807) is 12.1 Å². The largest absolute Gasteiger partial charge is 0.436 e. The molecule has 0 unspecified atom stereocenters. The summed E-state index contributed by atoms with van der Waals surface area (Å²) >= 11 is 13.6. The predicted octanol–water partition coefficient (Wildman–Crippen LogP) is 7.83. The van der Waals surface area contributed by atoms with Gasteiger partial charge in [0.2, 0.25) is 11.8 Å². The topological polar surface area (TPSA) is 55.1 Å². The van der Waals surface area contributed by atoms with E-state index in [1.165, 1.54) is 11.8 Å². The van der Waals surface area contributed by atoms with Crippen LogP contribution in [-0.2, 0) is 10.5 Å². The Balaban J connectivity index is 1.22. The van der Waals surface area contributed by atoms with E-state index >= 15 is 0 Å². The first-order valence-electron chi connectivity index (χ1n) is 10.3. The van der Waals surface area contributed by atoms with E-state index in [9.17, 15) is 4.79 Å². The van der Waals surface area contributed by atoms with Crippen LogP contribution in [0.2, 0.25) is 10.0 Å². The molecule has 0 aliphatic rings. The molecule has 4 nitrogen and oxygen atoms in total. The fourth-order valence-corrected chi connectivity index (χ4v) is 4.91. The van der Waals surface area contributed by atoms with Gasteiger partial charge >= 0.3 is 0 Å². The van der Waals surface area contributed by atoms with E-state index in [-0.39, 0.29) is 5.91 Å². The maximum Gasteiger partial charge on any atom is 0.234 e. The van der Waals surface area contributed by atoms with Crippen molar-refractivity contribution in [3.8, 4) is 11.5 Å². The van der Waals surface area contributed by atoms with Gasteiger partial charge in [-0.15, -0.1) is 11.8 Å². The Morgan fingerprint density at radius 3 is 2.45 bits per heavy atom. The van der Waals surface area contributed by atoms with Crippen LogP contribution < -0.4 is 5.32 Å². The van der Waals surface area contributed by atoms with Gasteiger partial charge in [-0.05, 0) is 64.9 Å². The summed E-state index contributed by atoms with van der Waals surface area (Å²) in [6, 6.07) is 25.0. The molecular formula is C26H18Cl2N2O2S. The Labute approximate surface area is 204 Å². The maximum absolute atomic E-state index is 12.3. The summed E-state index contributed by atoms with van der Waals surface area (Å²) in [6.45, 7) is 0. The minimum Gasteiger partial charge on any atom is -0.436 e. The van der Waals surface area contributed by atoms with Gasteiger partial charge in [0.1, 0.15) is 5.52 Å². The number of hydrogen-bond donors (Lipinski definition) is 1. The number of amides is 1. The minimum atomic E-state index is -0.0774. The van der Waals surface area contributed by atoms with Gasteiger partial charge in [0, 0.05) is 27.0 Å². The number of carbonyl (C=O) groups is 1. The molecule has 1 amide bonds. The lowest BCUT2D eigenvalue weighted by Crippen LogP contribution is -2.14. The average Bonchev–Trinajstić information content (AvgIpc) is 3.22. The fraction of sp³-hybridized carbons (Fsp3) is 0.0769. The quantitative estimate of drug-likeness (QED) is 0.262. The van der Waals surface area contributed by atoms with E-state index < -0.39 is 0 Å². The Morgan fingerprint density at radius 1 is 0.939 bits per heavy atom. The SMILES string of the molecule is O=C(CSCc1ccc(Cl)cc1Cl)Nc1ccc(-c2nc3cc4ccccc4cc3o2)cc1. The van der Waals surface area contributed by atoms with Crippen molar-refractivity contribution in [1.82, 2.24) is 4.98 Å². The number of oxazole rings is 1. The smallest absolute Gasteiger partial charge is 0.234 e. The summed E-state index contributed by atoms with van der Waals surface area (Å²) in [5.74, 6) is 1.43. The summed E-state index contributed by atoms with van der Waals surface area (Å²) in [5.41, 5.74) is 4.09. The van der Waals surface area contributed by atoms with E-state index in [0.29, 0.717) is 27.4 Å². The molecule has 0 aliphatic carbocycles. The van der Waals surface area contributed by atoms with Crippen molar-refractivity contribution < 1.29 is 9.21 Å². The number of benzene rings is 4. The highest BCUT2D eigenvalue weighted by Gasteiger charge is 2.10. The van der Waals surface area contributed by atoms with Crippen LogP contribution in [0.15, 0.2) is 83.3 Å². The normalized spacial score (nSPS) is 11.2. The summed E-state index contributed by atoms with van der Waals surface area (Å²) in [6.07, 6.45) is 0. The number of carbonyl (C=O) groups excluding carboxylic acids is 1. The molecule has 1 heterocycles. The van der Waals surface area contributed by atoms with Crippen LogP contribution in [0.4, 0.5) is 5.69 Å². The molecule has 4 aromatic carbocycles. The molecule has 5 rings (SSSR count). The van der Waals surface area contributed by atoms with Gasteiger partial charge in [0.05, 0.1) is 5.75 Å². The molecule has 5 aromatic rings. The van der Waals surface area contributed by atoms with Gasteiger partial charge in [0.25, 0.3) is 0 Å². The summed E-state index contributed by atoms with van der Waals surface area (Å²) in [5, 5.41) is 6.36. The molecule has 0 spiro atoms. The van der Waals surface area contributed by atoms with Crippen LogP contribution in [0.3, 0.4) is 0 Å². The maximum atomic E-state index is 12.3. The molecule has 0 bridgehead atoms. The second-order valence-electron chi connectivity index (χ2n) is 7.54. The molecule has 0 radical (unpaired) electrons. The molecule has 7 heteroatoms. The number of thioether (sulfide) groups is 1. The number of anilines is 1. The fourth-order valence-electron chi connectivity index (χ4n) is 3.52. The highest BCUT2D eigenvalue weighted by Crippen LogP contribution is 2.29. The third-order valence-corrected chi connectivity index (χ3v) is 6.75. The first-order chi connectivity index (χ1) is 16.0. The van der Waals surface area contributed by atoms with E-state index in [4.69, 9.17) is 27.6 Å². The summed E-state index contributed by atoms with van der Waals surface area (Å²) in [7, 11) is 0. The Morgan fingerprint density at radius 2 is 1.70 bits per heavy atom. The van der Waals surface area contributed by atoms with Crippen LogP contribution in [0.25, 0.3) is 33.3 Å². The van der Waals surface area contributed by atoms with E-state index in [2.05, 4.69) is 22.4 Å². The molecule has 164 valence electrons. The Hall–Kier alpha value is -2.99. The second kappa shape index (κ2) is 9.48. The molecular weight excluding hydrogens is 475 g/mol. The molecule has 0 saturated carbocycles. The van der Waals surface area contributed by atoms with Crippen molar-refractivity contribution in [3.05, 3.63) is 94.5 Å². The summed E-state index contributed by atoms with van der Waals surface area (Å²) in [4.78, 5) is 16.9. The molecule has 0 fully saturated rings. The van der Waals surface area contributed by atoms with Crippen molar-refractivity contribution in [2.45, 2.75) is 5.75 Å².